The summed E-state index contributed by atoms with van der Waals surface area (Å²) in [4.78, 5) is 4.88. The first-order valence-corrected chi connectivity index (χ1v) is 6.85. The molecule has 3 nitrogen and oxygen atoms in total. The summed E-state index contributed by atoms with van der Waals surface area (Å²) in [6, 6.07) is 6.73. The highest BCUT2D eigenvalue weighted by Gasteiger charge is 2.24. The number of methoxy groups -OCH3 is 1. The van der Waals surface area contributed by atoms with Crippen molar-refractivity contribution in [2.45, 2.75) is 25.5 Å². The van der Waals surface area contributed by atoms with Crippen LogP contribution in [0.5, 0.6) is 0 Å². The smallest absolute Gasteiger partial charge is 0.0710 e. The van der Waals surface area contributed by atoms with Crippen molar-refractivity contribution in [3.63, 3.8) is 0 Å². The maximum atomic E-state index is 5.44. The van der Waals surface area contributed by atoms with Gasteiger partial charge in [0.2, 0.25) is 0 Å². The van der Waals surface area contributed by atoms with E-state index in [2.05, 4.69) is 35.0 Å². The number of likely N-dealkylation sites (N-methyl/N-ethyl adjacent to an activating group) is 1. The first kappa shape index (κ1) is 12.0. The van der Waals surface area contributed by atoms with E-state index in [0.717, 1.165) is 26.2 Å². The zero-order valence-electron chi connectivity index (χ0n) is 11.4. The molecular formula is C15H22N2O. The van der Waals surface area contributed by atoms with Gasteiger partial charge < -0.3 is 9.64 Å². The highest BCUT2D eigenvalue weighted by Crippen LogP contribution is 2.30. The summed E-state index contributed by atoms with van der Waals surface area (Å²) in [6.45, 7) is 4.48. The molecule has 0 spiro atoms. The van der Waals surface area contributed by atoms with Gasteiger partial charge in [0.25, 0.3) is 0 Å². The molecule has 1 atom stereocenters. The second-order valence-electron chi connectivity index (χ2n) is 5.47. The molecule has 18 heavy (non-hydrogen) atoms. The third-order valence-electron chi connectivity index (χ3n) is 4.31. The predicted molar refractivity (Wildman–Crippen MR) is 74.1 cm³/mol. The number of fused-ring (bicyclic) bond motifs is 1. The highest BCUT2D eigenvalue weighted by molar-refractivity contribution is 5.60. The van der Waals surface area contributed by atoms with Crippen LogP contribution in [-0.4, -0.2) is 44.8 Å². The van der Waals surface area contributed by atoms with Crippen LogP contribution in [0.4, 0.5) is 5.69 Å². The maximum absolute atomic E-state index is 5.44. The Morgan fingerprint density at radius 2 is 2.22 bits per heavy atom. The van der Waals surface area contributed by atoms with Gasteiger partial charge in [-0.1, -0.05) is 12.1 Å². The zero-order valence-corrected chi connectivity index (χ0v) is 11.4. The van der Waals surface area contributed by atoms with E-state index in [1.54, 1.807) is 5.56 Å². The molecule has 1 aromatic carbocycles. The lowest BCUT2D eigenvalue weighted by Gasteiger charge is -2.18. The lowest BCUT2D eigenvalue weighted by atomic mass is 10.0. The SMILES string of the molecule is COC1CCN(Cc2cccc3c2CCN3C)C1. The van der Waals surface area contributed by atoms with E-state index < -0.39 is 0 Å². The Balaban J connectivity index is 1.74. The van der Waals surface area contributed by atoms with Crippen LogP contribution in [0.3, 0.4) is 0 Å². The van der Waals surface area contributed by atoms with E-state index in [1.807, 2.05) is 7.11 Å². The first-order chi connectivity index (χ1) is 8.78. The molecule has 98 valence electrons. The lowest BCUT2D eigenvalue weighted by Crippen LogP contribution is -2.22. The van der Waals surface area contributed by atoms with Crippen LogP contribution in [0.2, 0.25) is 0 Å². The van der Waals surface area contributed by atoms with Crippen molar-refractivity contribution in [1.29, 1.82) is 0 Å². The third kappa shape index (κ3) is 2.13. The fraction of sp³-hybridized carbons (Fsp3) is 0.600. The molecule has 0 N–H and O–H groups in total. The Hall–Kier alpha value is -1.06. The summed E-state index contributed by atoms with van der Waals surface area (Å²) in [5, 5.41) is 0. The van der Waals surface area contributed by atoms with Crippen molar-refractivity contribution >= 4 is 5.69 Å². The Morgan fingerprint density at radius 3 is 3.00 bits per heavy atom. The molecule has 3 heteroatoms. The summed E-state index contributed by atoms with van der Waals surface area (Å²) in [6.07, 6.45) is 2.80. The number of hydrogen-bond acceptors (Lipinski definition) is 3. The van der Waals surface area contributed by atoms with Gasteiger partial charge in [-0.25, -0.2) is 0 Å². The molecule has 3 rings (SSSR count). The monoisotopic (exact) mass is 246 g/mol. The van der Waals surface area contributed by atoms with Crippen LogP contribution in [0.25, 0.3) is 0 Å². The zero-order chi connectivity index (χ0) is 12.5. The molecule has 2 aliphatic heterocycles. The Labute approximate surface area is 109 Å². The van der Waals surface area contributed by atoms with Crippen molar-refractivity contribution in [1.82, 2.24) is 4.90 Å². The molecule has 0 aromatic heterocycles. The van der Waals surface area contributed by atoms with Crippen molar-refractivity contribution in [3.05, 3.63) is 29.3 Å². The minimum atomic E-state index is 0.435. The van der Waals surface area contributed by atoms with Crippen molar-refractivity contribution in [3.8, 4) is 0 Å². The van der Waals surface area contributed by atoms with Crippen LogP contribution in [-0.2, 0) is 17.7 Å². The van der Waals surface area contributed by atoms with E-state index in [-0.39, 0.29) is 0 Å². The molecule has 0 saturated carbocycles. The number of rotatable bonds is 3. The summed E-state index contributed by atoms with van der Waals surface area (Å²) in [5.74, 6) is 0. The van der Waals surface area contributed by atoms with Gasteiger partial charge in [-0.2, -0.15) is 0 Å². The standard InChI is InChI=1S/C15H22N2O/c1-16-8-7-14-12(4-3-5-15(14)16)10-17-9-6-13(11-17)18-2/h3-5,13H,6-11H2,1-2H3. The average Bonchev–Trinajstić information content (AvgIpc) is 2.98. The van der Waals surface area contributed by atoms with Gasteiger partial charge >= 0.3 is 0 Å². The maximum Gasteiger partial charge on any atom is 0.0710 e. The number of hydrogen-bond donors (Lipinski definition) is 0. The van der Waals surface area contributed by atoms with Gasteiger partial charge in [-0.15, -0.1) is 0 Å². The van der Waals surface area contributed by atoms with E-state index >= 15 is 0 Å². The first-order valence-electron chi connectivity index (χ1n) is 6.85. The van der Waals surface area contributed by atoms with E-state index in [9.17, 15) is 0 Å². The summed E-state index contributed by atoms with van der Waals surface area (Å²) in [5.41, 5.74) is 4.49. The van der Waals surface area contributed by atoms with Crippen molar-refractivity contribution in [2.24, 2.45) is 0 Å². The van der Waals surface area contributed by atoms with Gasteiger partial charge in [-0.05, 0) is 30.0 Å². The van der Waals surface area contributed by atoms with Gasteiger partial charge in [-0.3, -0.25) is 4.90 Å². The fourth-order valence-corrected chi connectivity index (χ4v) is 3.19. The molecule has 2 heterocycles. The number of nitrogens with zero attached hydrogens (tertiary/aromatic N) is 2. The number of benzene rings is 1. The highest BCUT2D eigenvalue weighted by atomic mass is 16.5. The quantitative estimate of drug-likeness (QED) is 0.810. The molecule has 1 aromatic rings. The van der Waals surface area contributed by atoms with Crippen LogP contribution in [0.1, 0.15) is 17.5 Å². The molecular weight excluding hydrogens is 224 g/mol. The molecule has 0 aliphatic carbocycles. The summed E-state index contributed by atoms with van der Waals surface area (Å²) in [7, 11) is 4.01. The van der Waals surface area contributed by atoms with Crippen LogP contribution in [0.15, 0.2) is 18.2 Å². The molecule has 1 unspecified atom stereocenters. The minimum Gasteiger partial charge on any atom is -0.380 e. The normalized spacial score (nSPS) is 23.7. The molecule has 0 amide bonds. The molecule has 1 saturated heterocycles. The van der Waals surface area contributed by atoms with Gasteiger partial charge in [0.1, 0.15) is 0 Å². The summed E-state index contributed by atoms with van der Waals surface area (Å²) < 4.78 is 5.44. The minimum absolute atomic E-state index is 0.435. The second kappa shape index (κ2) is 4.90. The number of likely N-dealkylation sites (tertiary alicyclic amines) is 1. The van der Waals surface area contributed by atoms with Gasteiger partial charge in [0, 0.05) is 46.0 Å². The third-order valence-corrected chi connectivity index (χ3v) is 4.31. The van der Waals surface area contributed by atoms with Gasteiger partial charge in [0.15, 0.2) is 0 Å². The van der Waals surface area contributed by atoms with Crippen LogP contribution >= 0.6 is 0 Å². The van der Waals surface area contributed by atoms with E-state index in [1.165, 1.54) is 24.1 Å². The van der Waals surface area contributed by atoms with E-state index in [0.29, 0.717) is 6.10 Å². The van der Waals surface area contributed by atoms with Crippen LogP contribution in [0, 0.1) is 0 Å². The summed E-state index contributed by atoms with van der Waals surface area (Å²) >= 11 is 0. The largest absolute Gasteiger partial charge is 0.380 e. The Morgan fingerprint density at radius 1 is 1.33 bits per heavy atom. The van der Waals surface area contributed by atoms with Crippen molar-refractivity contribution in [2.75, 3.05) is 38.7 Å². The Kier molecular flexibility index (Phi) is 3.27. The molecule has 0 radical (unpaired) electrons. The fourth-order valence-electron chi connectivity index (χ4n) is 3.19. The number of anilines is 1. The average molecular weight is 246 g/mol. The topological polar surface area (TPSA) is 15.7 Å². The van der Waals surface area contributed by atoms with E-state index in [4.69, 9.17) is 4.74 Å². The Bertz CT molecular complexity index is 433. The van der Waals surface area contributed by atoms with Crippen molar-refractivity contribution < 1.29 is 4.74 Å². The molecule has 0 bridgehead atoms. The molecule has 2 aliphatic rings. The van der Waals surface area contributed by atoms with Crippen LogP contribution < -0.4 is 4.90 Å². The van der Waals surface area contributed by atoms with Gasteiger partial charge in [0.05, 0.1) is 6.10 Å². The predicted octanol–water partition coefficient (Wildman–Crippen LogP) is 1.90. The lowest BCUT2D eigenvalue weighted by molar-refractivity contribution is 0.107. The number of ether oxygens (including phenoxy) is 1. The molecule has 1 fully saturated rings. The second-order valence-corrected chi connectivity index (χ2v) is 5.47.